The zero-order valence-corrected chi connectivity index (χ0v) is 19.3. The molecule has 0 radical (unpaired) electrons. The zero-order chi connectivity index (χ0) is 23.4. The van der Waals surface area contributed by atoms with Gasteiger partial charge in [-0.05, 0) is 28.7 Å². The van der Waals surface area contributed by atoms with Crippen molar-refractivity contribution in [1.82, 2.24) is 10.2 Å². The second-order valence-corrected chi connectivity index (χ2v) is 9.44. The standard InChI is InChI=1S/C25H28N2O5S/c1-2-7-23-27(21(15-33-23)24(29)30)22(28)12-13-26-25(31)32-14-20-18-10-5-3-8-16(18)17-9-4-6-11-19(17)20/h3-6,8-11,20-21,23H,2,7,12-15H2,1H3,(H,26,31)(H,29,30). The van der Waals surface area contributed by atoms with Crippen molar-refractivity contribution in [2.45, 2.75) is 43.5 Å². The van der Waals surface area contributed by atoms with Gasteiger partial charge in [0, 0.05) is 24.6 Å². The fourth-order valence-corrected chi connectivity index (χ4v) is 6.14. The molecule has 0 spiro atoms. The van der Waals surface area contributed by atoms with Crippen LogP contribution < -0.4 is 5.32 Å². The summed E-state index contributed by atoms with van der Waals surface area (Å²) in [5.74, 6) is -0.882. The third kappa shape index (κ3) is 4.85. The van der Waals surface area contributed by atoms with E-state index in [1.807, 2.05) is 31.2 Å². The molecule has 2 aliphatic rings. The number of carbonyl (C=O) groups excluding carboxylic acids is 2. The Morgan fingerprint density at radius 1 is 1.09 bits per heavy atom. The van der Waals surface area contributed by atoms with Gasteiger partial charge in [0.2, 0.25) is 5.91 Å². The Hall–Kier alpha value is -3.00. The lowest BCUT2D eigenvalue weighted by Crippen LogP contribution is -2.46. The van der Waals surface area contributed by atoms with Gasteiger partial charge in [-0.15, -0.1) is 11.8 Å². The fraction of sp³-hybridized carbons (Fsp3) is 0.400. The number of amides is 2. The van der Waals surface area contributed by atoms with E-state index in [0.29, 0.717) is 5.75 Å². The van der Waals surface area contributed by atoms with Gasteiger partial charge in [-0.1, -0.05) is 61.9 Å². The van der Waals surface area contributed by atoms with Crippen molar-refractivity contribution in [1.29, 1.82) is 0 Å². The first-order chi connectivity index (χ1) is 16.0. The molecule has 174 valence electrons. The van der Waals surface area contributed by atoms with E-state index in [1.165, 1.54) is 16.7 Å². The molecule has 1 heterocycles. The quantitative estimate of drug-likeness (QED) is 0.606. The number of nitrogens with zero attached hydrogens (tertiary/aromatic N) is 1. The van der Waals surface area contributed by atoms with Gasteiger partial charge in [-0.25, -0.2) is 9.59 Å². The van der Waals surface area contributed by atoms with Gasteiger partial charge in [0.1, 0.15) is 12.6 Å². The predicted molar refractivity (Wildman–Crippen MR) is 127 cm³/mol. The van der Waals surface area contributed by atoms with Crippen LogP contribution in [-0.4, -0.2) is 58.3 Å². The number of rotatable bonds is 8. The van der Waals surface area contributed by atoms with Crippen LogP contribution in [0.5, 0.6) is 0 Å². The molecule has 0 aromatic heterocycles. The van der Waals surface area contributed by atoms with Crippen LogP contribution in [-0.2, 0) is 14.3 Å². The van der Waals surface area contributed by atoms with Gasteiger partial charge >= 0.3 is 12.1 Å². The molecule has 33 heavy (non-hydrogen) atoms. The number of carboxylic acids is 1. The highest BCUT2D eigenvalue weighted by Crippen LogP contribution is 2.44. The molecule has 2 aromatic rings. The van der Waals surface area contributed by atoms with Gasteiger partial charge in [0.15, 0.2) is 0 Å². The van der Waals surface area contributed by atoms with Crippen LogP contribution in [0.1, 0.15) is 43.2 Å². The lowest BCUT2D eigenvalue weighted by Gasteiger charge is -2.27. The number of carboxylic acid groups (broad SMARTS) is 1. The maximum absolute atomic E-state index is 12.7. The van der Waals surface area contributed by atoms with Gasteiger partial charge in [-0.3, -0.25) is 4.79 Å². The molecule has 2 unspecified atom stereocenters. The SMILES string of the molecule is CCCC1SCC(C(=O)O)N1C(=O)CCNC(=O)OCC1c2ccccc2-c2ccccc21. The van der Waals surface area contributed by atoms with E-state index in [9.17, 15) is 19.5 Å². The Morgan fingerprint density at radius 2 is 1.73 bits per heavy atom. The molecule has 4 rings (SSSR count). The minimum Gasteiger partial charge on any atom is -0.480 e. The van der Waals surface area contributed by atoms with Crippen molar-refractivity contribution < 1.29 is 24.2 Å². The Kier molecular flexibility index (Phi) is 7.23. The van der Waals surface area contributed by atoms with E-state index in [2.05, 4.69) is 29.6 Å². The summed E-state index contributed by atoms with van der Waals surface area (Å²) in [6, 6.07) is 15.4. The molecule has 2 amide bonds. The molecule has 1 aliphatic carbocycles. The topological polar surface area (TPSA) is 95.9 Å². The number of hydrogen-bond donors (Lipinski definition) is 2. The summed E-state index contributed by atoms with van der Waals surface area (Å²) >= 11 is 1.50. The summed E-state index contributed by atoms with van der Waals surface area (Å²) in [7, 11) is 0. The van der Waals surface area contributed by atoms with Crippen molar-refractivity contribution in [3.05, 3.63) is 59.7 Å². The van der Waals surface area contributed by atoms with Gasteiger partial charge < -0.3 is 20.1 Å². The highest BCUT2D eigenvalue weighted by atomic mass is 32.2. The largest absolute Gasteiger partial charge is 0.480 e. The molecule has 2 N–H and O–H groups in total. The summed E-state index contributed by atoms with van der Waals surface area (Å²) < 4.78 is 5.49. The number of fused-ring (bicyclic) bond motifs is 3. The van der Waals surface area contributed by atoms with Crippen molar-refractivity contribution in [2.75, 3.05) is 18.9 Å². The van der Waals surface area contributed by atoms with E-state index < -0.39 is 18.1 Å². The third-order valence-electron chi connectivity index (χ3n) is 6.15. The molecule has 2 atom stereocenters. The minimum atomic E-state index is -0.987. The van der Waals surface area contributed by atoms with Crippen molar-refractivity contribution in [3.8, 4) is 11.1 Å². The van der Waals surface area contributed by atoms with E-state index >= 15 is 0 Å². The second-order valence-electron chi connectivity index (χ2n) is 8.23. The molecule has 0 saturated carbocycles. The number of carbonyl (C=O) groups is 3. The second kappa shape index (κ2) is 10.3. The van der Waals surface area contributed by atoms with Crippen LogP contribution in [0.3, 0.4) is 0 Å². The predicted octanol–water partition coefficient (Wildman–Crippen LogP) is 4.07. The van der Waals surface area contributed by atoms with Crippen molar-refractivity contribution >= 4 is 29.7 Å². The zero-order valence-electron chi connectivity index (χ0n) is 18.5. The van der Waals surface area contributed by atoms with E-state index in [1.54, 1.807) is 0 Å². The molecule has 8 heteroatoms. The monoisotopic (exact) mass is 468 g/mol. The number of hydrogen-bond acceptors (Lipinski definition) is 5. The normalized spacial score (nSPS) is 19.1. The molecular weight excluding hydrogens is 440 g/mol. The number of thioether (sulfide) groups is 1. The molecule has 1 fully saturated rings. The fourth-order valence-electron chi connectivity index (χ4n) is 4.61. The van der Waals surface area contributed by atoms with E-state index in [0.717, 1.165) is 35.1 Å². The Labute approximate surface area is 197 Å². The number of nitrogens with one attached hydrogen (secondary N) is 1. The number of aliphatic carboxylic acids is 1. The molecular formula is C25H28N2O5S. The maximum Gasteiger partial charge on any atom is 0.407 e. The highest BCUT2D eigenvalue weighted by molar-refractivity contribution is 8.00. The number of alkyl carbamates (subject to hydrolysis) is 1. The Bertz CT molecular complexity index is 997. The average Bonchev–Trinajstić information content (AvgIpc) is 3.37. The number of ether oxygens (including phenoxy) is 1. The average molecular weight is 469 g/mol. The lowest BCUT2D eigenvalue weighted by atomic mass is 9.98. The van der Waals surface area contributed by atoms with Crippen LogP contribution in [0.2, 0.25) is 0 Å². The first-order valence-electron chi connectivity index (χ1n) is 11.3. The Morgan fingerprint density at radius 3 is 2.33 bits per heavy atom. The highest BCUT2D eigenvalue weighted by Gasteiger charge is 2.40. The first-order valence-corrected chi connectivity index (χ1v) is 12.3. The maximum atomic E-state index is 12.7. The smallest absolute Gasteiger partial charge is 0.407 e. The van der Waals surface area contributed by atoms with Crippen molar-refractivity contribution in [3.63, 3.8) is 0 Å². The summed E-state index contributed by atoms with van der Waals surface area (Å²) in [6.07, 6.45) is 1.07. The van der Waals surface area contributed by atoms with Crippen LogP contribution in [0.15, 0.2) is 48.5 Å². The number of benzene rings is 2. The van der Waals surface area contributed by atoms with Crippen molar-refractivity contribution in [2.24, 2.45) is 0 Å². The van der Waals surface area contributed by atoms with E-state index in [-0.39, 0.29) is 36.8 Å². The molecule has 1 saturated heterocycles. The third-order valence-corrected chi connectivity index (χ3v) is 7.51. The molecule has 7 nitrogen and oxygen atoms in total. The summed E-state index contributed by atoms with van der Waals surface area (Å²) in [4.78, 5) is 38.0. The van der Waals surface area contributed by atoms with Gasteiger partial charge in [0.25, 0.3) is 0 Å². The molecule has 0 bridgehead atoms. The summed E-state index contributed by atoms with van der Waals surface area (Å²) in [5.41, 5.74) is 4.58. The molecule has 2 aromatic carbocycles. The molecule has 1 aliphatic heterocycles. The Balaban J connectivity index is 1.30. The van der Waals surface area contributed by atoms with Crippen LogP contribution >= 0.6 is 11.8 Å². The van der Waals surface area contributed by atoms with E-state index in [4.69, 9.17) is 4.74 Å². The summed E-state index contributed by atoms with van der Waals surface area (Å²) in [6.45, 7) is 2.31. The minimum absolute atomic E-state index is 0.0301. The summed E-state index contributed by atoms with van der Waals surface area (Å²) in [5, 5.41) is 12.0. The first kappa shape index (κ1) is 23.2. The van der Waals surface area contributed by atoms with Gasteiger partial charge in [0.05, 0.1) is 5.37 Å². The van der Waals surface area contributed by atoms with Crippen LogP contribution in [0.25, 0.3) is 11.1 Å². The van der Waals surface area contributed by atoms with Crippen LogP contribution in [0.4, 0.5) is 4.79 Å². The van der Waals surface area contributed by atoms with Gasteiger partial charge in [-0.2, -0.15) is 0 Å². The lowest BCUT2D eigenvalue weighted by molar-refractivity contribution is -0.149. The van der Waals surface area contributed by atoms with Crippen LogP contribution in [0, 0.1) is 0 Å².